The van der Waals surface area contributed by atoms with E-state index in [4.69, 9.17) is 23.8 Å². The van der Waals surface area contributed by atoms with Gasteiger partial charge in [-0.2, -0.15) is 0 Å². The number of nitrogens with one attached hydrogen (secondary N) is 2. The van der Waals surface area contributed by atoms with Crippen LogP contribution in [0.2, 0.25) is 5.02 Å². The molecule has 1 amide bonds. The van der Waals surface area contributed by atoms with E-state index < -0.39 is 0 Å². The van der Waals surface area contributed by atoms with Crippen molar-refractivity contribution in [3.8, 4) is 0 Å². The number of rotatable bonds is 4. The number of halogens is 2. The van der Waals surface area contributed by atoms with E-state index in [1.165, 1.54) is 0 Å². The monoisotopic (exact) mass is 394 g/mol. The van der Waals surface area contributed by atoms with E-state index in [1.54, 1.807) is 18.2 Å². The highest BCUT2D eigenvalue weighted by atomic mass is 127. The maximum atomic E-state index is 11.9. The van der Waals surface area contributed by atoms with Gasteiger partial charge in [-0.1, -0.05) is 17.7 Å². The summed E-state index contributed by atoms with van der Waals surface area (Å²) in [7, 11) is 0. The van der Waals surface area contributed by atoms with E-state index in [1.807, 2.05) is 6.07 Å². The molecule has 1 aromatic carbocycles. The fourth-order valence-corrected chi connectivity index (χ4v) is 2.06. The second-order valence-electron chi connectivity index (χ2n) is 3.41. The predicted octanol–water partition coefficient (Wildman–Crippen LogP) is 3.13. The summed E-state index contributed by atoms with van der Waals surface area (Å²) in [6, 6.07) is 5.23. The number of hydrogen-bond donors (Lipinski definition) is 2. The maximum absolute atomic E-state index is 11.9. The molecule has 18 heavy (non-hydrogen) atoms. The summed E-state index contributed by atoms with van der Waals surface area (Å²) in [5, 5.41) is 6.18. The second-order valence-corrected chi connectivity index (χ2v) is 5.47. The first-order valence-electron chi connectivity index (χ1n) is 5.19. The van der Waals surface area contributed by atoms with Crippen molar-refractivity contribution in [1.29, 1.82) is 0 Å². The van der Waals surface area contributed by atoms with Gasteiger partial charge in [-0.3, -0.25) is 10.1 Å². The van der Waals surface area contributed by atoms with Crippen molar-refractivity contribution in [2.45, 2.75) is 6.42 Å². The van der Waals surface area contributed by atoms with E-state index in [2.05, 4.69) is 39.8 Å². The lowest BCUT2D eigenvalue weighted by Crippen LogP contribution is -2.39. The quantitative estimate of drug-likeness (QED) is 0.357. The van der Waals surface area contributed by atoms with Gasteiger partial charge in [0, 0.05) is 10.1 Å². The number of hydrogen-bond acceptors (Lipinski definition) is 2. The van der Waals surface area contributed by atoms with Gasteiger partial charge in [-0.05, 0) is 59.4 Å². The molecular formula is C12H12ClIN2OS. The number of carbonyl (C=O) groups excluding carboxylic acids is 1. The molecule has 1 rings (SSSR count). The van der Waals surface area contributed by atoms with Crippen LogP contribution in [0.4, 0.5) is 0 Å². The number of benzene rings is 1. The van der Waals surface area contributed by atoms with Gasteiger partial charge >= 0.3 is 0 Å². The molecule has 0 spiro atoms. The van der Waals surface area contributed by atoms with Gasteiger partial charge in [-0.25, -0.2) is 0 Å². The Bertz CT molecular complexity index is 479. The highest BCUT2D eigenvalue weighted by molar-refractivity contribution is 14.1. The van der Waals surface area contributed by atoms with Crippen molar-refractivity contribution in [2.75, 3.05) is 6.54 Å². The molecule has 3 nitrogen and oxygen atoms in total. The third-order valence-electron chi connectivity index (χ3n) is 2.03. The van der Waals surface area contributed by atoms with Crippen LogP contribution < -0.4 is 10.6 Å². The van der Waals surface area contributed by atoms with Crippen molar-refractivity contribution in [1.82, 2.24) is 10.6 Å². The summed E-state index contributed by atoms with van der Waals surface area (Å²) >= 11 is 13.1. The van der Waals surface area contributed by atoms with Gasteiger partial charge < -0.3 is 5.32 Å². The SMILES string of the molecule is C=CCCNC(=S)NC(=O)c1cc(I)ccc1Cl. The van der Waals surface area contributed by atoms with Crippen LogP contribution in [0.5, 0.6) is 0 Å². The molecule has 0 radical (unpaired) electrons. The predicted molar refractivity (Wildman–Crippen MR) is 87.0 cm³/mol. The third kappa shape index (κ3) is 4.91. The van der Waals surface area contributed by atoms with Crippen LogP contribution in [0.3, 0.4) is 0 Å². The summed E-state index contributed by atoms with van der Waals surface area (Å²) in [5.41, 5.74) is 0.413. The smallest absolute Gasteiger partial charge is 0.258 e. The number of amides is 1. The Labute approximate surface area is 130 Å². The molecule has 0 aliphatic carbocycles. The Morgan fingerprint density at radius 1 is 1.56 bits per heavy atom. The minimum Gasteiger partial charge on any atom is -0.362 e. The second kappa shape index (κ2) is 7.70. The summed E-state index contributed by atoms with van der Waals surface area (Å²) in [4.78, 5) is 11.9. The summed E-state index contributed by atoms with van der Waals surface area (Å²) in [6.07, 6.45) is 2.55. The summed E-state index contributed by atoms with van der Waals surface area (Å²) < 4.78 is 0.938. The van der Waals surface area contributed by atoms with Crippen LogP contribution >= 0.6 is 46.4 Å². The molecule has 6 heteroatoms. The Morgan fingerprint density at radius 2 is 2.28 bits per heavy atom. The van der Waals surface area contributed by atoms with Crippen LogP contribution in [0.25, 0.3) is 0 Å². The van der Waals surface area contributed by atoms with Gasteiger partial charge in [0.2, 0.25) is 0 Å². The van der Waals surface area contributed by atoms with Crippen LogP contribution in [-0.2, 0) is 0 Å². The topological polar surface area (TPSA) is 41.1 Å². The Morgan fingerprint density at radius 3 is 2.94 bits per heavy atom. The van der Waals surface area contributed by atoms with Crippen molar-refractivity contribution in [3.05, 3.63) is 45.0 Å². The lowest BCUT2D eigenvalue weighted by atomic mass is 10.2. The van der Waals surface area contributed by atoms with E-state index in [-0.39, 0.29) is 11.0 Å². The first-order chi connectivity index (χ1) is 8.54. The minimum atomic E-state index is -0.311. The van der Waals surface area contributed by atoms with Gasteiger partial charge in [0.05, 0.1) is 10.6 Å². The lowest BCUT2D eigenvalue weighted by molar-refractivity contribution is 0.0977. The fourth-order valence-electron chi connectivity index (χ4n) is 1.17. The zero-order valence-corrected chi connectivity index (χ0v) is 13.2. The maximum Gasteiger partial charge on any atom is 0.258 e. The van der Waals surface area contributed by atoms with Gasteiger partial charge in [0.15, 0.2) is 5.11 Å². The van der Waals surface area contributed by atoms with Crippen molar-refractivity contribution < 1.29 is 4.79 Å². The number of thiocarbonyl (C=S) groups is 1. The minimum absolute atomic E-state index is 0.289. The number of carbonyl (C=O) groups is 1. The van der Waals surface area contributed by atoms with E-state index >= 15 is 0 Å². The molecule has 0 atom stereocenters. The standard InChI is InChI=1S/C12H12ClIN2OS/c1-2-3-6-15-12(18)16-11(17)9-7-8(14)4-5-10(9)13/h2,4-5,7H,1,3,6H2,(H2,15,16,17,18). The largest absolute Gasteiger partial charge is 0.362 e. The molecule has 0 bridgehead atoms. The van der Waals surface area contributed by atoms with Crippen LogP contribution in [-0.4, -0.2) is 17.6 Å². The lowest BCUT2D eigenvalue weighted by Gasteiger charge is -2.09. The zero-order chi connectivity index (χ0) is 13.5. The van der Waals surface area contributed by atoms with Crippen molar-refractivity contribution in [3.63, 3.8) is 0 Å². The van der Waals surface area contributed by atoms with Crippen LogP contribution in [0.15, 0.2) is 30.9 Å². The van der Waals surface area contributed by atoms with Gasteiger partial charge in [0.1, 0.15) is 0 Å². The Balaban J connectivity index is 2.62. The average Bonchev–Trinajstić information content (AvgIpc) is 2.32. The average molecular weight is 395 g/mol. The molecule has 2 N–H and O–H groups in total. The molecule has 0 saturated carbocycles. The zero-order valence-electron chi connectivity index (χ0n) is 9.50. The van der Waals surface area contributed by atoms with E-state index in [0.717, 1.165) is 9.99 Å². The molecule has 1 aromatic rings. The molecule has 96 valence electrons. The fraction of sp³-hybridized carbons (Fsp3) is 0.167. The first kappa shape index (κ1) is 15.4. The summed E-state index contributed by atoms with van der Waals surface area (Å²) in [5.74, 6) is -0.311. The first-order valence-corrected chi connectivity index (χ1v) is 7.06. The van der Waals surface area contributed by atoms with Crippen molar-refractivity contribution >= 4 is 57.4 Å². The Kier molecular flexibility index (Phi) is 6.59. The highest BCUT2D eigenvalue weighted by Gasteiger charge is 2.11. The van der Waals surface area contributed by atoms with Crippen LogP contribution in [0.1, 0.15) is 16.8 Å². The van der Waals surface area contributed by atoms with Crippen molar-refractivity contribution in [2.24, 2.45) is 0 Å². The summed E-state index contributed by atoms with van der Waals surface area (Å²) in [6.45, 7) is 4.24. The van der Waals surface area contributed by atoms with E-state index in [9.17, 15) is 4.79 Å². The molecule has 0 aromatic heterocycles. The highest BCUT2D eigenvalue weighted by Crippen LogP contribution is 2.18. The third-order valence-corrected chi connectivity index (χ3v) is 3.28. The Hall–Kier alpha value is -0.660. The molecule has 0 unspecified atom stereocenters. The van der Waals surface area contributed by atoms with Crippen LogP contribution in [0, 0.1) is 3.57 Å². The molecule has 0 fully saturated rings. The van der Waals surface area contributed by atoms with Gasteiger partial charge in [0.25, 0.3) is 5.91 Å². The normalized spacial score (nSPS) is 9.67. The molecule has 0 saturated heterocycles. The molecule has 0 heterocycles. The molecule has 0 aliphatic rings. The van der Waals surface area contributed by atoms with E-state index in [0.29, 0.717) is 17.1 Å². The molecular weight excluding hydrogens is 383 g/mol. The van der Waals surface area contributed by atoms with Gasteiger partial charge in [-0.15, -0.1) is 6.58 Å². The molecule has 0 aliphatic heterocycles.